The molecule has 0 bridgehead atoms. The molecule has 0 saturated carbocycles. The zero-order valence-electron chi connectivity index (χ0n) is 13.1. The van der Waals surface area contributed by atoms with Crippen LogP contribution in [0.3, 0.4) is 0 Å². The van der Waals surface area contributed by atoms with Crippen LogP contribution in [0.4, 0.5) is 18.3 Å². The van der Waals surface area contributed by atoms with Gasteiger partial charge in [0.05, 0.1) is 33.0 Å². The Kier molecular flexibility index (Phi) is 4.60. The van der Waals surface area contributed by atoms with E-state index in [1.165, 1.54) is 22.7 Å². The van der Waals surface area contributed by atoms with E-state index in [1.807, 2.05) is 13.8 Å². The lowest BCUT2D eigenvalue weighted by atomic mass is 10.3. The Morgan fingerprint density at radius 3 is 2.68 bits per heavy atom. The first-order chi connectivity index (χ1) is 11.7. The maximum atomic E-state index is 12.5. The molecule has 0 aliphatic rings. The summed E-state index contributed by atoms with van der Waals surface area (Å²) in [5.41, 5.74) is 0.677. The molecule has 0 unspecified atom stereocenters. The predicted octanol–water partition coefficient (Wildman–Crippen LogP) is 3.74. The van der Waals surface area contributed by atoms with Gasteiger partial charge in [0.1, 0.15) is 6.54 Å². The zero-order chi connectivity index (χ0) is 18.2. The number of aryl methyl sites for hydroxylation is 2. The van der Waals surface area contributed by atoms with E-state index in [1.54, 1.807) is 5.38 Å². The minimum atomic E-state index is -4.48. The van der Waals surface area contributed by atoms with Crippen LogP contribution in [0.1, 0.15) is 16.3 Å². The topological polar surface area (TPSA) is 72.7 Å². The van der Waals surface area contributed by atoms with E-state index >= 15 is 0 Å². The van der Waals surface area contributed by atoms with E-state index in [0.717, 1.165) is 26.5 Å². The lowest BCUT2D eigenvalue weighted by Crippen LogP contribution is -2.19. The summed E-state index contributed by atoms with van der Waals surface area (Å²) < 4.78 is 38.5. The van der Waals surface area contributed by atoms with Crippen LogP contribution in [0.15, 0.2) is 17.8 Å². The molecular weight excluding hydrogens is 375 g/mol. The summed E-state index contributed by atoms with van der Waals surface area (Å²) in [7, 11) is 0. The third-order valence-electron chi connectivity index (χ3n) is 3.15. The minimum absolute atomic E-state index is 0.330. The number of rotatable bonds is 4. The molecule has 11 heteroatoms. The van der Waals surface area contributed by atoms with Crippen LogP contribution in [-0.4, -0.2) is 25.7 Å². The number of hydrogen-bond acceptors (Lipinski definition) is 6. The average Bonchev–Trinajstić information content (AvgIpc) is 3.19. The number of nitrogens with one attached hydrogen (secondary N) is 1. The van der Waals surface area contributed by atoms with Crippen LogP contribution < -0.4 is 5.32 Å². The molecule has 0 spiro atoms. The first-order valence-electron chi connectivity index (χ1n) is 7.02. The van der Waals surface area contributed by atoms with E-state index in [9.17, 15) is 18.0 Å². The molecule has 1 N–H and O–H groups in total. The maximum Gasteiger partial charge on any atom is 0.419 e. The molecule has 0 saturated heterocycles. The summed E-state index contributed by atoms with van der Waals surface area (Å²) in [4.78, 5) is 21.5. The number of alkyl halides is 3. The predicted molar refractivity (Wildman–Crippen MR) is 88.6 cm³/mol. The Labute approximate surface area is 148 Å². The molecule has 0 aliphatic carbocycles. The fraction of sp³-hybridized carbons (Fsp3) is 0.286. The summed E-state index contributed by atoms with van der Waals surface area (Å²) in [5.74, 6) is -0.505. The molecule has 3 aromatic rings. The normalized spacial score (nSPS) is 11.7. The van der Waals surface area contributed by atoms with Crippen molar-refractivity contribution in [1.82, 2.24) is 19.7 Å². The quantitative estimate of drug-likeness (QED) is 0.740. The third kappa shape index (κ3) is 4.04. The zero-order valence-corrected chi connectivity index (χ0v) is 14.7. The molecule has 0 radical (unpaired) electrons. The van der Waals surface area contributed by atoms with Crippen molar-refractivity contribution in [2.24, 2.45) is 0 Å². The molecule has 3 heterocycles. The van der Waals surface area contributed by atoms with Gasteiger partial charge in [-0.15, -0.1) is 22.7 Å². The summed E-state index contributed by atoms with van der Waals surface area (Å²) in [6.07, 6.45) is -3.01. The smallest absolute Gasteiger partial charge is 0.300 e. The SMILES string of the molecule is Cc1nc(C)c(-c2csc(NC(=O)Cn3cc(C(F)(F)F)cn3)n2)s1. The van der Waals surface area contributed by atoms with Gasteiger partial charge in [0.2, 0.25) is 5.91 Å². The van der Waals surface area contributed by atoms with Gasteiger partial charge in [0.15, 0.2) is 5.13 Å². The molecular formula is C14H12F3N5OS2. The summed E-state index contributed by atoms with van der Waals surface area (Å²) in [6.45, 7) is 3.45. The van der Waals surface area contributed by atoms with Gasteiger partial charge < -0.3 is 5.32 Å². The number of anilines is 1. The molecule has 3 aromatic heterocycles. The van der Waals surface area contributed by atoms with Gasteiger partial charge in [-0.1, -0.05) is 0 Å². The van der Waals surface area contributed by atoms with Gasteiger partial charge in [0, 0.05) is 11.6 Å². The monoisotopic (exact) mass is 387 g/mol. The van der Waals surface area contributed by atoms with Crippen LogP contribution in [0.5, 0.6) is 0 Å². The first kappa shape index (κ1) is 17.5. The Bertz CT molecular complexity index is 912. The Morgan fingerprint density at radius 1 is 1.32 bits per heavy atom. The van der Waals surface area contributed by atoms with Gasteiger partial charge in [-0.3, -0.25) is 9.48 Å². The van der Waals surface area contributed by atoms with Crippen molar-refractivity contribution in [3.8, 4) is 10.6 Å². The number of amides is 1. The van der Waals surface area contributed by atoms with Crippen LogP contribution >= 0.6 is 22.7 Å². The second kappa shape index (κ2) is 6.56. The van der Waals surface area contributed by atoms with Crippen LogP contribution in [0.25, 0.3) is 10.6 Å². The number of aromatic nitrogens is 4. The van der Waals surface area contributed by atoms with E-state index in [0.29, 0.717) is 17.0 Å². The Hall–Kier alpha value is -2.27. The highest BCUT2D eigenvalue weighted by atomic mass is 32.1. The second-order valence-corrected chi connectivity index (χ2v) is 7.22. The van der Waals surface area contributed by atoms with Crippen molar-refractivity contribution in [1.29, 1.82) is 0 Å². The van der Waals surface area contributed by atoms with Crippen molar-refractivity contribution >= 4 is 33.7 Å². The van der Waals surface area contributed by atoms with Crippen molar-refractivity contribution in [3.63, 3.8) is 0 Å². The van der Waals surface area contributed by atoms with Crippen LogP contribution in [0.2, 0.25) is 0 Å². The standard InChI is InChI=1S/C14H12F3N5OS2/c1-7-12(25-8(2)19-7)10-6-24-13(20-10)21-11(23)5-22-4-9(3-18-22)14(15,16)17/h3-4,6H,5H2,1-2H3,(H,20,21,23). The average molecular weight is 387 g/mol. The van der Waals surface area contributed by atoms with Gasteiger partial charge in [0.25, 0.3) is 0 Å². The molecule has 0 aliphatic heterocycles. The number of carbonyl (C=O) groups is 1. The first-order valence-corrected chi connectivity index (χ1v) is 8.71. The van der Waals surface area contributed by atoms with E-state index in [-0.39, 0.29) is 6.54 Å². The van der Waals surface area contributed by atoms with Gasteiger partial charge in [-0.2, -0.15) is 18.3 Å². The second-order valence-electron chi connectivity index (χ2n) is 5.16. The molecule has 1 amide bonds. The number of hydrogen-bond donors (Lipinski definition) is 1. The number of thiazole rings is 2. The number of nitrogens with zero attached hydrogens (tertiary/aromatic N) is 4. The van der Waals surface area contributed by atoms with Crippen molar-refractivity contribution in [2.75, 3.05) is 5.32 Å². The highest BCUT2D eigenvalue weighted by Crippen LogP contribution is 2.32. The van der Waals surface area contributed by atoms with Crippen molar-refractivity contribution in [2.45, 2.75) is 26.6 Å². The van der Waals surface area contributed by atoms with Gasteiger partial charge in [-0.25, -0.2) is 9.97 Å². The maximum absolute atomic E-state index is 12.5. The Morgan fingerprint density at radius 2 is 2.08 bits per heavy atom. The van der Waals surface area contributed by atoms with Crippen LogP contribution in [0, 0.1) is 13.8 Å². The largest absolute Gasteiger partial charge is 0.419 e. The summed E-state index contributed by atoms with van der Waals surface area (Å²) in [6, 6.07) is 0. The molecule has 132 valence electrons. The number of halogens is 3. The fourth-order valence-corrected chi connectivity index (χ4v) is 3.78. The minimum Gasteiger partial charge on any atom is -0.300 e. The Balaban J connectivity index is 1.66. The highest BCUT2D eigenvalue weighted by molar-refractivity contribution is 7.16. The molecule has 0 aromatic carbocycles. The van der Waals surface area contributed by atoms with E-state index in [2.05, 4.69) is 20.4 Å². The lowest BCUT2D eigenvalue weighted by Gasteiger charge is -2.03. The highest BCUT2D eigenvalue weighted by Gasteiger charge is 2.32. The molecule has 25 heavy (non-hydrogen) atoms. The third-order valence-corrected chi connectivity index (χ3v) is 5.01. The van der Waals surface area contributed by atoms with Gasteiger partial charge in [-0.05, 0) is 13.8 Å². The lowest BCUT2D eigenvalue weighted by molar-refractivity contribution is -0.137. The number of carbonyl (C=O) groups excluding carboxylic acids is 1. The fourth-order valence-electron chi connectivity index (χ4n) is 2.11. The van der Waals surface area contributed by atoms with Crippen LogP contribution in [-0.2, 0) is 17.5 Å². The van der Waals surface area contributed by atoms with Crippen molar-refractivity contribution in [3.05, 3.63) is 34.0 Å². The van der Waals surface area contributed by atoms with E-state index < -0.39 is 17.6 Å². The van der Waals surface area contributed by atoms with Crippen molar-refractivity contribution < 1.29 is 18.0 Å². The molecule has 0 fully saturated rings. The molecule has 3 rings (SSSR count). The van der Waals surface area contributed by atoms with Gasteiger partial charge >= 0.3 is 6.18 Å². The molecule has 0 atom stereocenters. The van der Waals surface area contributed by atoms with E-state index in [4.69, 9.17) is 0 Å². The summed E-state index contributed by atoms with van der Waals surface area (Å²) >= 11 is 2.74. The summed E-state index contributed by atoms with van der Waals surface area (Å²) in [5, 5.41) is 9.20. The molecule has 6 nitrogen and oxygen atoms in total.